The van der Waals surface area contributed by atoms with Gasteiger partial charge in [0.15, 0.2) is 11.4 Å². The fourth-order valence-corrected chi connectivity index (χ4v) is 6.06. The van der Waals surface area contributed by atoms with Crippen molar-refractivity contribution in [3.8, 4) is 0 Å². The molecule has 2 aromatic rings. The molecular formula is C25H33F3N6O. The van der Waals surface area contributed by atoms with Crippen molar-refractivity contribution in [1.29, 1.82) is 0 Å². The molecular weight excluding hydrogens is 457 g/mol. The number of halogens is 3. The third-order valence-corrected chi connectivity index (χ3v) is 7.64. The average molecular weight is 491 g/mol. The summed E-state index contributed by atoms with van der Waals surface area (Å²) in [4.78, 5) is 15.2. The second-order valence-electron chi connectivity index (χ2n) is 10.7. The highest BCUT2D eigenvalue weighted by atomic mass is 19.4. The van der Waals surface area contributed by atoms with Crippen molar-refractivity contribution in [2.75, 3.05) is 31.6 Å². The number of allylic oxidation sites excluding steroid dienone is 2. The second-order valence-corrected chi connectivity index (χ2v) is 10.7. The number of ether oxygens (including phenoxy) is 1. The minimum atomic E-state index is -4.55. The van der Waals surface area contributed by atoms with Gasteiger partial charge in [-0.3, -0.25) is 4.99 Å². The van der Waals surface area contributed by atoms with Crippen molar-refractivity contribution in [1.82, 2.24) is 19.7 Å². The number of piperidine rings is 1. The first kappa shape index (κ1) is 24.1. The Morgan fingerprint density at radius 3 is 2.66 bits per heavy atom. The monoisotopic (exact) mass is 490 g/mol. The fraction of sp³-hybridized carbons (Fsp3) is 0.680. The molecule has 4 fully saturated rings. The van der Waals surface area contributed by atoms with Crippen LogP contribution in [0.4, 0.5) is 19.0 Å². The van der Waals surface area contributed by atoms with Crippen molar-refractivity contribution >= 4 is 22.7 Å². The minimum absolute atomic E-state index is 0.0635. The molecule has 0 amide bonds. The number of anilines is 1. The molecule has 0 N–H and O–H groups in total. The van der Waals surface area contributed by atoms with Crippen molar-refractivity contribution in [2.24, 2.45) is 28.2 Å². The van der Waals surface area contributed by atoms with Crippen LogP contribution in [0.2, 0.25) is 0 Å². The second kappa shape index (κ2) is 9.09. The Balaban J connectivity index is 1.29. The van der Waals surface area contributed by atoms with E-state index < -0.39 is 11.9 Å². The molecule has 0 spiro atoms. The molecule has 6 rings (SSSR count). The van der Waals surface area contributed by atoms with Gasteiger partial charge in [0.2, 0.25) is 0 Å². The number of fused-ring (bicyclic) bond motifs is 1. The van der Waals surface area contributed by atoms with E-state index in [1.165, 1.54) is 25.3 Å². The van der Waals surface area contributed by atoms with Crippen LogP contribution in [0.15, 0.2) is 29.2 Å². The predicted molar refractivity (Wildman–Crippen MR) is 128 cm³/mol. The number of alkyl halides is 3. The van der Waals surface area contributed by atoms with Crippen LogP contribution in [0, 0.1) is 23.2 Å². The highest BCUT2D eigenvalue weighted by Crippen LogP contribution is 2.65. The molecule has 1 aliphatic heterocycles. The summed E-state index contributed by atoms with van der Waals surface area (Å²) in [6, 6.07) is 0. The summed E-state index contributed by atoms with van der Waals surface area (Å²) in [5.41, 5.74) is 1.04. The number of rotatable bonds is 8. The molecule has 2 aromatic heterocycles. The molecule has 0 radical (unpaired) electrons. The van der Waals surface area contributed by atoms with Crippen molar-refractivity contribution < 1.29 is 17.9 Å². The molecule has 1 saturated heterocycles. The third kappa shape index (κ3) is 4.76. The topological polar surface area (TPSA) is 68.4 Å². The Bertz CT molecular complexity index is 1120. The summed E-state index contributed by atoms with van der Waals surface area (Å²) in [5.74, 6) is 1.92. The zero-order valence-corrected chi connectivity index (χ0v) is 20.6. The van der Waals surface area contributed by atoms with Crippen LogP contribution < -0.4 is 4.90 Å². The van der Waals surface area contributed by atoms with Crippen molar-refractivity contribution in [3.63, 3.8) is 0 Å². The highest BCUT2D eigenvalue weighted by Gasteiger charge is 2.56. The van der Waals surface area contributed by atoms with Gasteiger partial charge in [0.1, 0.15) is 17.1 Å². The van der Waals surface area contributed by atoms with Gasteiger partial charge in [-0.05, 0) is 55.4 Å². The Hall–Kier alpha value is -2.65. The largest absolute Gasteiger partial charge is 0.491 e. The van der Waals surface area contributed by atoms with E-state index in [0.29, 0.717) is 24.3 Å². The van der Waals surface area contributed by atoms with E-state index in [4.69, 9.17) is 9.72 Å². The zero-order valence-electron chi connectivity index (χ0n) is 20.6. The number of aliphatic imine (C=N–C) groups is 1. The smallest absolute Gasteiger partial charge is 0.436 e. The van der Waals surface area contributed by atoms with Crippen LogP contribution in [0.3, 0.4) is 0 Å². The van der Waals surface area contributed by atoms with Gasteiger partial charge in [-0.2, -0.15) is 18.3 Å². The van der Waals surface area contributed by atoms with E-state index in [1.54, 1.807) is 19.3 Å². The Kier molecular flexibility index (Phi) is 6.25. The van der Waals surface area contributed by atoms with Gasteiger partial charge in [0.05, 0.1) is 19.0 Å². The molecule has 3 aliphatic carbocycles. The summed E-state index contributed by atoms with van der Waals surface area (Å²) in [7, 11) is 1.15. The zero-order chi connectivity index (χ0) is 24.8. The van der Waals surface area contributed by atoms with Gasteiger partial charge in [-0.15, -0.1) is 0 Å². The molecule has 2 atom stereocenters. The van der Waals surface area contributed by atoms with Crippen LogP contribution in [0.5, 0.6) is 0 Å². The van der Waals surface area contributed by atoms with Crippen LogP contribution >= 0.6 is 0 Å². The molecule has 190 valence electrons. The molecule has 2 unspecified atom stereocenters. The average Bonchev–Trinajstić information content (AvgIpc) is 3.15. The molecule has 3 heterocycles. The highest BCUT2D eigenvalue weighted by molar-refractivity contribution is 6.02. The van der Waals surface area contributed by atoms with Crippen LogP contribution in [0.1, 0.15) is 46.0 Å². The van der Waals surface area contributed by atoms with Crippen LogP contribution in [-0.4, -0.2) is 58.4 Å². The SMILES string of the molecule is CC/C=C(/OCC1CC(C)CN(c2cnc3cnn(CC45CC(C4)C5)c3n2)C1)C(=NC)C(F)(F)F. The molecule has 2 bridgehead atoms. The van der Waals surface area contributed by atoms with E-state index in [1.807, 2.05) is 4.68 Å². The summed E-state index contributed by atoms with van der Waals surface area (Å²) < 4.78 is 47.9. The number of hydrogen-bond acceptors (Lipinski definition) is 6. The maximum absolute atomic E-state index is 13.4. The quantitative estimate of drug-likeness (QED) is 0.383. The van der Waals surface area contributed by atoms with Gasteiger partial charge in [-0.1, -0.05) is 13.8 Å². The van der Waals surface area contributed by atoms with E-state index in [0.717, 1.165) is 49.5 Å². The molecule has 7 nitrogen and oxygen atoms in total. The lowest BCUT2D eigenvalue weighted by Gasteiger charge is -2.61. The molecule has 0 aromatic carbocycles. The molecule has 4 aliphatic rings. The van der Waals surface area contributed by atoms with E-state index in [2.05, 4.69) is 26.9 Å². The fourth-order valence-electron chi connectivity index (χ4n) is 6.06. The van der Waals surface area contributed by atoms with Crippen molar-refractivity contribution in [3.05, 3.63) is 24.2 Å². The Labute approximate surface area is 203 Å². The normalized spacial score (nSPS) is 29.2. The lowest BCUT2D eigenvalue weighted by Crippen LogP contribution is -2.54. The maximum atomic E-state index is 13.4. The van der Waals surface area contributed by atoms with E-state index in [-0.39, 0.29) is 18.3 Å². The number of hydrogen-bond donors (Lipinski definition) is 0. The Morgan fingerprint density at radius 1 is 1.26 bits per heavy atom. The predicted octanol–water partition coefficient (Wildman–Crippen LogP) is 5.03. The summed E-state index contributed by atoms with van der Waals surface area (Å²) in [6.45, 7) is 6.48. The van der Waals surface area contributed by atoms with E-state index in [9.17, 15) is 13.2 Å². The lowest BCUT2D eigenvalue weighted by atomic mass is 9.44. The standard InChI is InChI=1S/C25H33F3N6O/c1-4-5-20(22(29-3)25(26,27)28)35-14-17-6-16(2)12-33(13-17)21-11-30-19-10-31-34(23(19)32-21)15-24-7-18(8-24)9-24/h5,10-11,16-18H,4,6-9,12-15H2,1-3H3/b20-5+,29-22?. The lowest BCUT2D eigenvalue weighted by molar-refractivity contribution is -0.119. The first-order valence-corrected chi connectivity index (χ1v) is 12.5. The summed E-state index contributed by atoms with van der Waals surface area (Å²) in [5, 5.41) is 4.56. The first-order valence-electron chi connectivity index (χ1n) is 12.5. The summed E-state index contributed by atoms with van der Waals surface area (Å²) >= 11 is 0. The van der Waals surface area contributed by atoms with Crippen molar-refractivity contribution in [2.45, 2.75) is 58.7 Å². The number of nitrogens with zero attached hydrogens (tertiary/aromatic N) is 6. The van der Waals surface area contributed by atoms with Crippen LogP contribution in [0.25, 0.3) is 11.2 Å². The summed E-state index contributed by atoms with van der Waals surface area (Å²) in [6.07, 6.45) is 5.64. The Morgan fingerprint density at radius 2 is 2.03 bits per heavy atom. The molecule has 35 heavy (non-hydrogen) atoms. The molecule has 10 heteroatoms. The van der Waals surface area contributed by atoms with E-state index >= 15 is 0 Å². The van der Waals surface area contributed by atoms with Crippen LogP contribution in [-0.2, 0) is 11.3 Å². The van der Waals surface area contributed by atoms with Gasteiger partial charge in [0, 0.05) is 32.6 Å². The minimum Gasteiger partial charge on any atom is -0.491 e. The van der Waals surface area contributed by atoms with Gasteiger partial charge in [-0.25, -0.2) is 14.6 Å². The first-order chi connectivity index (χ1) is 16.7. The number of aromatic nitrogens is 4. The van der Waals surface area contributed by atoms with Gasteiger partial charge < -0.3 is 9.64 Å². The maximum Gasteiger partial charge on any atom is 0.436 e. The van der Waals surface area contributed by atoms with Gasteiger partial charge in [0.25, 0.3) is 0 Å². The molecule has 3 saturated carbocycles. The third-order valence-electron chi connectivity index (χ3n) is 7.64. The van der Waals surface area contributed by atoms with Gasteiger partial charge >= 0.3 is 6.18 Å².